The van der Waals surface area contributed by atoms with Gasteiger partial charge in [-0.1, -0.05) is 12.1 Å². The molecule has 0 fully saturated rings. The number of hydrogen-bond donors (Lipinski definition) is 2. The van der Waals surface area contributed by atoms with E-state index < -0.39 is 5.97 Å². The predicted molar refractivity (Wildman–Crippen MR) is 76.4 cm³/mol. The highest BCUT2D eigenvalue weighted by atomic mass is 16.5. The molecule has 6 heteroatoms. The van der Waals surface area contributed by atoms with Crippen LogP contribution in [0.15, 0.2) is 36.7 Å². The van der Waals surface area contributed by atoms with Gasteiger partial charge in [-0.05, 0) is 24.1 Å². The number of rotatable bonds is 5. The van der Waals surface area contributed by atoms with Crippen LogP contribution in [0.4, 0.5) is 11.5 Å². The maximum Gasteiger partial charge on any atom is 0.358 e. The number of nitrogen functional groups attached to an aromatic ring is 1. The molecular formula is C14H16N4O2. The largest absolute Gasteiger partial charge is 0.464 e. The number of hydrogen-bond acceptors (Lipinski definition) is 6. The van der Waals surface area contributed by atoms with Crippen LogP contribution in [0.5, 0.6) is 0 Å². The van der Waals surface area contributed by atoms with Crippen LogP contribution < -0.4 is 11.1 Å². The zero-order chi connectivity index (χ0) is 14.4. The number of aromatic nitrogens is 2. The van der Waals surface area contributed by atoms with Gasteiger partial charge in [0.15, 0.2) is 5.69 Å². The average molecular weight is 272 g/mol. The summed E-state index contributed by atoms with van der Waals surface area (Å²) in [7, 11) is 1.31. The smallest absolute Gasteiger partial charge is 0.358 e. The molecule has 0 radical (unpaired) electrons. The Balaban J connectivity index is 1.91. The van der Waals surface area contributed by atoms with Crippen molar-refractivity contribution < 1.29 is 9.53 Å². The number of nitrogens with zero attached hydrogens (tertiary/aromatic N) is 2. The second-order valence-electron chi connectivity index (χ2n) is 4.20. The molecule has 2 rings (SSSR count). The minimum Gasteiger partial charge on any atom is -0.464 e. The SMILES string of the molecule is COC(=O)c1cncc(NCCc2ccc(N)cc2)n1. The summed E-state index contributed by atoms with van der Waals surface area (Å²) >= 11 is 0. The highest BCUT2D eigenvalue weighted by Gasteiger charge is 2.08. The number of anilines is 2. The van der Waals surface area contributed by atoms with Crippen LogP contribution >= 0.6 is 0 Å². The Kier molecular flexibility index (Phi) is 4.49. The van der Waals surface area contributed by atoms with Gasteiger partial charge < -0.3 is 15.8 Å². The highest BCUT2D eigenvalue weighted by molar-refractivity contribution is 5.87. The zero-order valence-electron chi connectivity index (χ0n) is 11.2. The van der Waals surface area contributed by atoms with E-state index in [0.717, 1.165) is 12.1 Å². The van der Waals surface area contributed by atoms with Gasteiger partial charge in [0.1, 0.15) is 5.82 Å². The topological polar surface area (TPSA) is 90.1 Å². The van der Waals surface area contributed by atoms with Gasteiger partial charge in [0.2, 0.25) is 0 Å². The van der Waals surface area contributed by atoms with Crippen molar-refractivity contribution >= 4 is 17.5 Å². The standard InChI is InChI=1S/C14H16N4O2/c1-20-14(19)12-8-16-9-13(18-12)17-7-6-10-2-4-11(15)5-3-10/h2-5,8-9H,6-7,15H2,1H3,(H,17,18). The summed E-state index contributed by atoms with van der Waals surface area (Å²) in [5.74, 6) is 0.0445. The van der Waals surface area contributed by atoms with E-state index in [-0.39, 0.29) is 5.69 Å². The molecule has 0 spiro atoms. The molecule has 104 valence electrons. The van der Waals surface area contributed by atoms with Crippen LogP contribution in [0.2, 0.25) is 0 Å². The van der Waals surface area contributed by atoms with Gasteiger partial charge >= 0.3 is 5.97 Å². The number of nitrogens with one attached hydrogen (secondary N) is 1. The molecule has 0 atom stereocenters. The average Bonchev–Trinajstić information content (AvgIpc) is 2.49. The molecule has 0 aliphatic heterocycles. The van der Waals surface area contributed by atoms with Gasteiger partial charge in [0.05, 0.1) is 19.5 Å². The molecule has 0 saturated heterocycles. The molecule has 1 heterocycles. The third-order valence-corrected chi connectivity index (χ3v) is 2.73. The van der Waals surface area contributed by atoms with Crippen molar-refractivity contribution in [1.29, 1.82) is 0 Å². The van der Waals surface area contributed by atoms with E-state index in [1.807, 2.05) is 24.3 Å². The van der Waals surface area contributed by atoms with Gasteiger partial charge in [0.25, 0.3) is 0 Å². The van der Waals surface area contributed by atoms with Gasteiger partial charge in [-0.2, -0.15) is 0 Å². The van der Waals surface area contributed by atoms with Crippen LogP contribution in [0.25, 0.3) is 0 Å². The second-order valence-corrected chi connectivity index (χ2v) is 4.20. The number of carbonyl (C=O) groups is 1. The number of carbonyl (C=O) groups excluding carboxylic acids is 1. The normalized spacial score (nSPS) is 10.1. The fourth-order valence-electron chi connectivity index (χ4n) is 1.67. The Morgan fingerprint density at radius 1 is 1.30 bits per heavy atom. The number of ether oxygens (including phenoxy) is 1. The van der Waals surface area contributed by atoms with Crippen LogP contribution in [0, 0.1) is 0 Å². The molecule has 0 unspecified atom stereocenters. The molecule has 0 aliphatic rings. The third kappa shape index (κ3) is 3.68. The van der Waals surface area contributed by atoms with Crippen molar-refractivity contribution in [3.05, 3.63) is 47.9 Å². The van der Waals surface area contributed by atoms with E-state index in [1.54, 1.807) is 6.20 Å². The Bertz CT molecular complexity index is 584. The van der Waals surface area contributed by atoms with E-state index in [2.05, 4.69) is 20.0 Å². The lowest BCUT2D eigenvalue weighted by molar-refractivity contribution is 0.0593. The molecule has 1 aromatic heterocycles. The maximum absolute atomic E-state index is 11.3. The van der Waals surface area contributed by atoms with Crippen LogP contribution in [0.3, 0.4) is 0 Å². The van der Waals surface area contributed by atoms with Crippen LogP contribution in [-0.4, -0.2) is 29.6 Å². The van der Waals surface area contributed by atoms with Crippen molar-refractivity contribution in [3.63, 3.8) is 0 Å². The van der Waals surface area contributed by atoms with Crippen LogP contribution in [0.1, 0.15) is 16.1 Å². The molecule has 0 saturated carbocycles. The maximum atomic E-state index is 11.3. The van der Waals surface area contributed by atoms with E-state index in [0.29, 0.717) is 12.4 Å². The first kappa shape index (κ1) is 13.8. The van der Waals surface area contributed by atoms with E-state index in [9.17, 15) is 4.79 Å². The lowest BCUT2D eigenvalue weighted by Gasteiger charge is -2.06. The second kappa shape index (κ2) is 6.51. The van der Waals surface area contributed by atoms with Crippen molar-refractivity contribution in [2.45, 2.75) is 6.42 Å². The number of nitrogens with two attached hydrogens (primary N) is 1. The van der Waals surface area contributed by atoms with E-state index in [1.165, 1.54) is 18.9 Å². The van der Waals surface area contributed by atoms with Gasteiger partial charge in [-0.3, -0.25) is 4.98 Å². The van der Waals surface area contributed by atoms with Crippen LogP contribution in [-0.2, 0) is 11.2 Å². The molecule has 6 nitrogen and oxygen atoms in total. The fraction of sp³-hybridized carbons (Fsp3) is 0.214. The van der Waals surface area contributed by atoms with Gasteiger partial charge in [-0.15, -0.1) is 0 Å². The molecule has 2 aromatic rings. The molecular weight excluding hydrogens is 256 g/mol. The van der Waals surface area contributed by atoms with Crippen molar-refractivity contribution in [1.82, 2.24) is 9.97 Å². The van der Waals surface area contributed by atoms with Crippen molar-refractivity contribution in [2.24, 2.45) is 0 Å². The van der Waals surface area contributed by atoms with Crippen molar-refractivity contribution in [2.75, 3.05) is 24.7 Å². The summed E-state index contributed by atoms with van der Waals surface area (Å²) in [4.78, 5) is 19.4. The minimum absolute atomic E-state index is 0.185. The number of esters is 1. The fourth-order valence-corrected chi connectivity index (χ4v) is 1.67. The molecule has 0 amide bonds. The Hall–Kier alpha value is -2.63. The molecule has 1 aromatic carbocycles. The highest BCUT2D eigenvalue weighted by Crippen LogP contribution is 2.07. The first-order chi connectivity index (χ1) is 9.69. The molecule has 0 aliphatic carbocycles. The number of methoxy groups -OCH3 is 1. The molecule has 3 N–H and O–H groups in total. The lowest BCUT2D eigenvalue weighted by atomic mass is 10.1. The Morgan fingerprint density at radius 2 is 2.05 bits per heavy atom. The summed E-state index contributed by atoms with van der Waals surface area (Å²) in [6.07, 6.45) is 3.76. The summed E-state index contributed by atoms with van der Waals surface area (Å²) in [6, 6.07) is 7.70. The first-order valence-corrected chi connectivity index (χ1v) is 6.17. The zero-order valence-corrected chi connectivity index (χ0v) is 11.2. The lowest BCUT2D eigenvalue weighted by Crippen LogP contribution is -2.10. The monoisotopic (exact) mass is 272 g/mol. The molecule has 0 bridgehead atoms. The van der Waals surface area contributed by atoms with Crippen molar-refractivity contribution in [3.8, 4) is 0 Å². The summed E-state index contributed by atoms with van der Waals surface area (Å²) in [5.41, 5.74) is 7.73. The third-order valence-electron chi connectivity index (χ3n) is 2.73. The summed E-state index contributed by atoms with van der Waals surface area (Å²) in [5, 5.41) is 3.11. The van der Waals surface area contributed by atoms with Gasteiger partial charge in [-0.25, -0.2) is 9.78 Å². The first-order valence-electron chi connectivity index (χ1n) is 6.17. The number of benzene rings is 1. The quantitative estimate of drug-likeness (QED) is 0.633. The van der Waals surface area contributed by atoms with Gasteiger partial charge in [0, 0.05) is 12.2 Å². The van der Waals surface area contributed by atoms with E-state index >= 15 is 0 Å². The molecule has 20 heavy (non-hydrogen) atoms. The predicted octanol–water partition coefficient (Wildman–Crippen LogP) is 1.50. The Morgan fingerprint density at radius 3 is 2.75 bits per heavy atom. The Labute approximate surface area is 117 Å². The van der Waals surface area contributed by atoms with E-state index in [4.69, 9.17) is 5.73 Å². The summed E-state index contributed by atoms with van der Waals surface area (Å²) < 4.78 is 4.60. The summed E-state index contributed by atoms with van der Waals surface area (Å²) in [6.45, 7) is 0.684. The minimum atomic E-state index is -0.500.